The van der Waals surface area contributed by atoms with E-state index in [0.29, 0.717) is 0 Å². The van der Waals surface area contributed by atoms with Crippen molar-refractivity contribution < 1.29 is 28.9 Å². The second-order valence-corrected chi connectivity index (χ2v) is 3.30. The largest absolute Gasteiger partial charge is 0.497 e. The van der Waals surface area contributed by atoms with Crippen LogP contribution in [0.3, 0.4) is 0 Å². The Kier molecular flexibility index (Phi) is 4.42. The van der Waals surface area contributed by atoms with Crippen LogP contribution < -0.4 is 4.74 Å². The van der Waals surface area contributed by atoms with Crippen molar-refractivity contribution in [2.24, 2.45) is 0 Å². The van der Waals surface area contributed by atoms with Crippen molar-refractivity contribution in [3.8, 4) is 5.75 Å². The summed E-state index contributed by atoms with van der Waals surface area (Å²) >= 11 is 0. The average molecular weight is 244 g/mol. The summed E-state index contributed by atoms with van der Waals surface area (Å²) in [4.78, 5) is 11.0. The molecule has 0 aliphatic heterocycles. The van der Waals surface area contributed by atoms with Crippen LogP contribution in [0.4, 0.5) is 4.39 Å². The van der Waals surface area contributed by atoms with E-state index in [-0.39, 0.29) is 11.3 Å². The van der Waals surface area contributed by atoms with Gasteiger partial charge in [-0.3, -0.25) is 0 Å². The lowest BCUT2D eigenvalue weighted by molar-refractivity contribution is -0.156. The maximum absolute atomic E-state index is 13.5. The first-order valence-corrected chi connectivity index (χ1v) is 4.78. The summed E-state index contributed by atoms with van der Waals surface area (Å²) in [5.41, 5.74) is -0.205. The third-order valence-electron chi connectivity index (χ3n) is 2.27. The number of carbonyl (C=O) groups is 1. The lowest BCUT2D eigenvalue weighted by Gasteiger charge is -2.16. The highest BCUT2D eigenvalue weighted by molar-refractivity contribution is 5.75. The molecular weight excluding hydrogens is 231 g/mol. The van der Waals surface area contributed by atoms with E-state index in [4.69, 9.17) is 4.74 Å². The Labute approximate surface area is 97.4 Å². The first-order valence-electron chi connectivity index (χ1n) is 4.78. The van der Waals surface area contributed by atoms with Crippen molar-refractivity contribution in [1.82, 2.24) is 0 Å². The number of carbonyl (C=O) groups excluding carboxylic acids is 1. The molecule has 0 fully saturated rings. The first kappa shape index (κ1) is 13.4. The van der Waals surface area contributed by atoms with Gasteiger partial charge in [-0.05, 0) is 12.1 Å². The molecule has 0 spiro atoms. The molecule has 1 rings (SSSR count). The van der Waals surface area contributed by atoms with Crippen LogP contribution >= 0.6 is 0 Å². The van der Waals surface area contributed by atoms with Crippen LogP contribution in [-0.2, 0) is 9.53 Å². The fraction of sp³-hybridized carbons (Fsp3) is 0.364. The van der Waals surface area contributed by atoms with Crippen molar-refractivity contribution in [2.45, 2.75) is 12.2 Å². The number of ether oxygens (including phenoxy) is 2. The number of aliphatic hydroxyl groups is 2. The first-order chi connectivity index (χ1) is 8.01. The van der Waals surface area contributed by atoms with Gasteiger partial charge in [-0.15, -0.1) is 0 Å². The lowest BCUT2D eigenvalue weighted by atomic mass is 10.0. The Morgan fingerprint density at radius 1 is 1.35 bits per heavy atom. The molecule has 0 heterocycles. The third-order valence-corrected chi connectivity index (χ3v) is 2.27. The van der Waals surface area contributed by atoms with Gasteiger partial charge >= 0.3 is 5.97 Å². The molecule has 6 heteroatoms. The van der Waals surface area contributed by atoms with E-state index in [1.807, 2.05) is 0 Å². The smallest absolute Gasteiger partial charge is 0.337 e. The molecular formula is C11H13FO5. The molecule has 1 aromatic rings. The molecule has 2 unspecified atom stereocenters. The van der Waals surface area contributed by atoms with E-state index in [0.717, 1.165) is 13.2 Å². The van der Waals surface area contributed by atoms with Gasteiger partial charge in [-0.1, -0.05) is 0 Å². The average Bonchev–Trinajstić information content (AvgIpc) is 2.35. The van der Waals surface area contributed by atoms with Crippen LogP contribution in [0, 0.1) is 5.82 Å². The molecule has 17 heavy (non-hydrogen) atoms. The maximum atomic E-state index is 13.5. The van der Waals surface area contributed by atoms with Crippen molar-refractivity contribution in [3.63, 3.8) is 0 Å². The number of aliphatic hydroxyl groups excluding tert-OH is 2. The fourth-order valence-corrected chi connectivity index (χ4v) is 1.29. The minimum absolute atomic E-state index is 0.205. The van der Waals surface area contributed by atoms with Gasteiger partial charge < -0.3 is 19.7 Å². The van der Waals surface area contributed by atoms with Crippen LogP contribution in [0.5, 0.6) is 5.75 Å². The molecule has 0 aliphatic carbocycles. The Bertz CT molecular complexity index is 407. The molecule has 0 bridgehead atoms. The number of rotatable bonds is 4. The zero-order chi connectivity index (χ0) is 13.0. The molecule has 94 valence electrons. The van der Waals surface area contributed by atoms with Crippen LogP contribution in [-0.4, -0.2) is 36.5 Å². The van der Waals surface area contributed by atoms with Gasteiger partial charge in [-0.25, -0.2) is 9.18 Å². The quantitative estimate of drug-likeness (QED) is 0.750. The van der Waals surface area contributed by atoms with Gasteiger partial charge in [0.25, 0.3) is 0 Å². The molecule has 0 amide bonds. The highest BCUT2D eigenvalue weighted by atomic mass is 19.1. The standard InChI is InChI=1S/C11H13FO5/c1-16-6-3-4-7(8(12)5-6)9(13)10(14)11(15)17-2/h3-5,9-10,13-14H,1-2H3. The van der Waals surface area contributed by atoms with E-state index in [2.05, 4.69) is 4.74 Å². The molecule has 2 N–H and O–H groups in total. The minimum atomic E-state index is -1.83. The highest BCUT2D eigenvalue weighted by Gasteiger charge is 2.28. The summed E-state index contributed by atoms with van der Waals surface area (Å²) in [6.07, 6.45) is -3.52. The van der Waals surface area contributed by atoms with Crippen molar-refractivity contribution >= 4 is 5.97 Å². The zero-order valence-corrected chi connectivity index (χ0v) is 9.38. The summed E-state index contributed by atoms with van der Waals surface area (Å²) in [6.45, 7) is 0. The normalized spacial score (nSPS) is 13.9. The number of methoxy groups -OCH3 is 2. The van der Waals surface area contributed by atoms with Crippen LogP contribution in [0.15, 0.2) is 18.2 Å². The van der Waals surface area contributed by atoms with Crippen molar-refractivity contribution in [3.05, 3.63) is 29.6 Å². The summed E-state index contributed by atoms with van der Waals surface area (Å²) in [5, 5.41) is 19.0. The molecule has 0 saturated carbocycles. The molecule has 0 aromatic heterocycles. The number of halogens is 1. The summed E-state index contributed by atoms with van der Waals surface area (Å²) in [7, 11) is 2.43. The molecule has 5 nitrogen and oxygen atoms in total. The third kappa shape index (κ3) is 2.92. The Balaban J connectivity index is 2.96. The topological polar surface area (TPSA) is 76.0 Å². The summed E-state index contributed by atoms with van der Waals surface area (Å²) in [5.74, 6) is -1.54. The van der Waals surface area contributed by atoms with E-state index in [1.165, 1.54) is 19.2 Å². The lowest BCUT2D eigenvalue weighted by Crippen LogP contribution is -2.29. The molecule has 0 aliphatic rings. The second kappa shape index (κ2) is 5.60. The predicted octanol–water partition coefficient (Wildman–Crippen LogP) is 0.402. The highest BCUT2D eigenvalue weighted by Crippen LogP contribution is 2.24. The fourth-order valence-electron chi connectivity index (χ4n) is 1.29. The van der Waals surface area contributed by atoms with E-state index in [9.17, 15) is 19.4 Å². The van der Waals surface area contributed by atoms with Gasteiger partial charge in [0.1, 0.15) is 17.7 Å². The monoisotopic (exact) mass is 244 g/mol. The maximum Gasteiger partial charge on any atom is 0.337 e. The van der Waals surface area contributed by atoms with Crippen LogP contribution in [0.1, 0.15) is 11.7 Å². The number of hydrogen-bond donors (Lipinski definition) is 2. The van der Waals surface area contributed by atoms with Crippen LogP contribution in [0.25, 0.3) is 0 Å². The van der Waals surface area contributed by atoms with Crippen molar-refractivity contribution in [2.75, 3.05) is 14.2 Å². The summed E-state index contributed by atoms with van der Waals surface area (Å²) in [6, 6.07) is 3.68. The Hall–Kier alpha value is -1.66. The molecule has 1 aromatic carbocycles. The van der Waals surface area contributed by atoms with Gasteiger partial charge in [-0.2, -0.15) is 0 Å². The van der Waals surface area contributed by atoms with E-state index in [1.54, 1.807) is 0 Å². The van der Waals surface area contributed by atoms with Crippen molar-refractivity contribution in [1.29, 1.82) is 0 Å². The molecule has 0 radical (unpaired) electrons. The second-order valence-electron chi connectivity index (χ2n) is 3.30. The van der Waals surface area contributed by atoms with Gasteiger partial charge in [0.2, 0.25) is 0 Å². The Morgan fingerprint density at radius 2 is 2.00 bits per heavy atom. The summed E-state index contributed by atoms with van der Waals surface area (Å²) < 4.78 is 22.5. The predicted molar refractivity (Wildman–Crippen MR) is 55.9 cm³/mol. The molecule has 0 saturated heterocycles. The van der Waals surface area contributed by atoms with E-state index >= 15 is 0 Å². The SMILES string of the molecule is COC(=O)C(O)C(O)c1ccc(OC)cc1F. The van der Waals surface area contributed by atoms with Gasteiger partial charge in [0, 0.05) is 11.6 Å². The van der Waals surface area contributed by atoms with Gasteiger partial charge in [0.05, 0.1) is 14.2 Å². The zero-order valence-electron chi connectivity index (χ0n) is 9.38. The van der Waals surface area contributed by atoms with Gasteiger partial charge in [0.15, 0.2) is 6.10 Å². The molecule has 2 atom stereocenters. The van der Waals surface area contributed by atoms with Crippen LogP contribution in [0.2, 0.25) is 0 Å². The van der Waals surface area contributed by atoms with E-state index < -0.39 is 24.0 Å². The number of benzene rings is 1. The number of esters is 1. The minimum Gasteiger partial charge on any atom is -0.497 e. The Morgan fingerprint density at radius 3 is 2.47 bits per heavy atom. The number of hydrogen-bond acceptors (Lipinski definition) is 5.